The third-order valence-electron chi connectivity index (χ3n) is 3.96. The predicted molar refractivity (Wildman–Crippen MR) is 100 cm³/mol. The van der Waals surface area contributed by atoms with Gasteiger partial charge in [0.15, 0.2) is 0 Å². The monoisotopic (exact) mass is 355 g/mol. The number of amides is 3. The van der Waals surface area contributed by atoms with Gasteiger partial charge >= 0.3 is 12.1 Å². The van der Waals surface area contributed by atoms with Crippen molar-refractivity contribution in [3.63, 3.8) is 0 Å². The molecule has 0 bridgehead atoms. The number of hydrazine groups is 1. The van der Waals surface area contributed by atoms with Crippen molar-refractivity contribution in [2.45, 2.75) is 26.0 Å². The molecule has 138 valence electrons. The standard InChI is InChI=1S/C20H25N3O3/c1-16(14-17-10-6-4-7-11-17)26-20(25)23(3)22(2)19(24)21-15-18-12-8-5-9-13-18/h4-13,16H,14-15H2,1-3H3,(H,21,24). The van der Waals surface area contributed by atoms with Crippen molar-refractivity contribution in [3.8, 4) is 0 Å². The van der Waals surface area contributed by atoms with E-state index in [-0.39, 0.29) is 12.1 Å². The van der Waals surface area contributed by atoms with Crippen LogP contribution in [0.3, 0.4) is 0 Å². The normalized spacial score (nSPS) is 11.3. The first kappa shape index (κ1) is 19.3. The van der Waals surface area contributed by atoms with Crippen LogP contribution in [0.2, 0.25) is 0 Å². The molecule has 6 heteroatoms. The van der Waals surface area contributed by atoms with Crippen molar-refractivity contribution in [1.29, 1.82) is 0 Å². The van der Waals surface area contributed by atoms with Gasteiger partial charge in [-0.15, -0.1) is 0 Å². The quantitative estimate of drug-likeness (QED) is 0.836. The van der Waals surface area contributed by atoms with Crippen LogP contribution >= 0.6 is 0 Å². The number of carbonyl (C=O) groups is 2. The second-order valence-electron chi connectivity index (χ2n) is 6.08. The average Bonchev–Trinajstić information content (AvgIpc) is 2.66. The highest BCUT2D eigenvalue weighted by atomic mass is 16.6. The molecule has 0 saturated carbocycles. The van der Waals surface area contributed by atoms with E-state index in [2.05, 4.69) is 5.32 Å². The van der Waals surface area contributed by atoms with Crippen LogP contribution in [0.1, 0.15) is 18.1 Å². The van der Waals surface area contributed by atoms with E-state index in [0.717, 1.165) is 16.1 Å². The summed E-state index contributed by atoms with van der Waals surface area (Å²) in [5, 5.41) is 5.11. The number of hydrogen-bond donors (Lipinski definition) is 1. The number of nitrogens with one attached hydrogen (secondary N) is 1. The Bertz CT molecular complexity index is 707. The Balaban J connectivity index is 1.81. The second kappa shape index (κ2) is 9.46. The maximum atomic E-state index is 12.2. The van der Waals surface area contributed by atoms with E-state index in [1.54, 1.807) is 0 Å². The molecule has 1 unspecified atom stereocenters. The largest absolute Gasteiger partial charge is 0.445 e. The summed E-state index contributed by atoms with van der Waals surface area (Å²) in [5.41, 5.74) is 2.07. The molecule has 2 aromatic rings. The molecule has 1 N–H and O–H groups in total. The summed E-state index contributed by atoms with van der Waals surface area (Å²) in [6.07, 6.45) is -0.261. The minimum atomic E-state index is -0.578. The molecule has 0 aliphatic carbocycles. The number of hydrogen-bond acceptors (Lipinski definition) is 3. The van der Waals surface area contributed by atoms with Crippen molar-refractivity contribution in [2.75, 3.05) is 14.1 Å². The minimum absolute atomic E-state index is 0.298. The molecular formula is C20H25N3O3. The molecule has 3 amide bonds. The number of benzene rings is 2. The molecule has 0 aliphatic heterocycles. The molecule has 2 aromatic carbocycles. The minimum Gasteiger partial charge on any atom is -0.445 e. The third kappa shape index (κ3) is 5.81. The van der Waals surface area contributed by atoms with E-state index in [0.29, 0.717) is 13.0 Å². The Labute approximate surface area is 154 Å². The summed E-state index contributed by atoms with van der Waals surface area (Å²) < 4.78 is 5.42. The van der Waals surface area contributed by atoms with Crippen LogP contribution < -0.4 is 5.32 Å². The summed E-state index contributed by atoms with van der Waals surface area (Å²) in [7, 11) is 3.02. The van der Waals surface area contributed by atoms with E-state index in [1.165, 1.54) is 19.1 Å². The summed E-state index contributed by atoms with van der Waals surface area (Å²) in [6.45, 7) is 2.21. The predicted octanol–water partition coefficient (Wildman–Crippen LogP) is 3.44. The molecule has 0 radical (unpaired) electrons. The first-order valence-electron chi connectivity index (χ1n) is 8.51. The zero-order valence-electron chi connectivity index (χ0n) is 15.4. The number of urea groups is 1. The van der Waals surface area contributed by atoms with E-state index < -0.39 is 6.09 Å². The molecule has 1 atom stereocenters. The van der Waals surface area contributed by atoms with E-state index in [9.17, 15) is 9.59 Å². The van der Waals surface area contributed by atoms with Gasteiger partial charge in [0.1, 0.15) is 6.10 Å². The van der Waals surface area contributed by atoms with Crippen molar-refractivity contribution in [3.05, 3.63) is 71.8 Å². The molecule has 0 aliphatic rings. The lowest BCUT2D eigenvalue weighted by molar-refractivity contribution is 0.0176. The van der Waals surface area contributed by atoms with Crippen LogP contribution in [0.15, 0.2) is 60.7 Å². The van der Waals surface area contributed by atoms with E-state index >= 15 is 0 Å². The Morgan fingerprint density at radius 1 is 0.923 bits per heavy atom. The van der Waals surface area contributed by atoms with Gasteiger partial charge in [-0.1, -0.05) is 60.7 Å². The maximum Gasteiger partial charge on any atom is 0.428 e. The molecule has 0 spiro atoms. The van der Waals surface area contributed by atoms with Gasteiger partial charge in [-0.05, 0) is 18.1 Å². The summed E-state index contributed by atoms with van der Waals surface area (Å²) in [6, 6.07) is 19.0. The first-order chi connectivity index (χ1) is 12.5. The molecule has 0 aromatic heterocycles. The van der Waals surface area contributed by atoms with Crippen molar-refractivity contribution >= 4 is 12.1 Å². The summed E-state index contributed by atoms with van der Waals surface area (Å²) >= 11 is 0. The summed E-state index contributed by atoms with van der Waals surface area (Å²) in [5.74, 6) is 0. The molecule has 0 heterocycles. The SMILES string of the molecule is CC(Cc1ccccc1)OC(=O)N(C)N(C)C(=O)NCc1ccccc1. The maximum absolute atomic E-state index is 12.2. The fourth-order valence-electron chi connectivity index (χ4n) is 2.38. The van der Waals surface area contributed by atoms with Crippen molar-refractivity contribution < 1.29 is 14.3 Å². The van der Waals surface area contributed by atoms with E-state index in [1.807, 2.05) is 67.6 Å². The van der Waals surface area contributed by atoms with Crippen LogP contribution in [0.4, 0.5) is 9.59 Å². The lowest BCUT2D eigenvalue weighted by atomic mass is 10.1. The smallest absolute Gasteiger partial charge is 0.428 e. The first-order valence-corrected chi connectivity index (χ1v) is 8.51. The van der Waals surface area contributed by atoms with Gasteiger partial charge in [0.2, 0.25) is 0 Å². The van der Waals surface area contributed by atoms with E-state index in [4.69, 9.17) is 4.74 Å². The van der Waals surface area contributed by atoms with Gasteiger partial charge < -0.3 is 10.1 Å². The zero-order valence-corrected chi connectivity index (χ0v) is 15.4. The molecule has 6 nitrogen and oxygen atoms in total. The number of nitrogens with zero attached hydrogens (tertiary/aromatic N) is 2. The molecule has 26 heavy (non-hydrogen) atoms. The molecule has 2 rings (SSSR count). The number of ether oxygens (including phenoxy) is 1. The van der Waals surface area contributed by atoms with Gasteiger partial charge in [-0.3, -0.25) is 0 Å². The van der Waals surface area contributed by atoms with Gasteiger partial charge in [0.25, 0.3) is 0 Å². The highest BCUT2D eigenvalue weighted by molar-refractivity contribution is 5.77. The third-order valence-corrected chi connectivity index (χ3v) is 3.96. The Hall–Kier alpha value is -3.02. The lowest BCUT2D eigenvalue weighted by Crippen LogP contribution is -2.49. The Kier molecular flexibility index (Phi) is 7.02. The number of carbonyl (C=O) groups excluding carboxylic acids is 2. The fourth-order valence-corrected chi connectivity index (χ4v) is 2.38. The zero-order chi connectivity index (χ0) is 18.9. The van der Waals surface area contributed by atoms with Crippen LogP contribution in [-0.4, -0.2) is 42.3 Å². The molecule has 0 fully saturated rings. The van der Waals surface area contributed by atoms with Gasteiger partial charge in [-0.25, -0.2) is 19.6 Å². The van der Waals surface area contributed by atoms with Gasteiger partial charge in [0, 0.05) is 27.1 Å². The van der Waals surface area contributed by atoms with Gasteiger partial charge in [0.05, 0.1) is 0 Å². The van der Waals surface area contributed by atoms with Crippen LogP contribution in [-0.2, 0) is 17.7 Å². The van der Waals surface area contributed by atoms with Gasteiger partial charge in [-0.2, -0.15) is 0 Å². The lowest BCUT2D eigenvalue weighted by Gasteiger charge is -2.28. The van der Waals surface area contributed by atoms with Crippen molar-refractivity contribution in [1.82, 2.24) is 15.3 Å². The average molecular weight is 355 g/mol. The highest BCUT2D eigenvalue weighted by Crippen LogP contribution is 2.08. The fraction of sp³-hybridized carbons (Fsp3) is 0.300. The topological polar surface area (TPSA) is 61.9 Å². The molecular weight excluding hydrogens is 330 g/mol. The molecule has 0 saturated heterocycles. The summed E-state index contributed by atoms with van der Waals surface area (Å²) in [4.78, 5) is 24.5. The second-order valence-corrected chi connectivity index (χ2v) is 6.08. The highest BCUT2D eigenvalue weighted by Gasteiger charge is 2.21. The van der Waals surface area contributed by atoms with Crippen LogP contribution in [0, 0.1) is 0 Å². The van der Waals surface area contributed by atoms with Crippen molar-refractivity contribution in [2.24, 2.45) is 0 Å². The number of rotatable bonds is 5. The van der Waals surface area contributed by atoms with Crippen LogP contribution in [0.5, 0.6) is 0 Å². The van der Waals surface area contributed by atoms with Crippen LogP contribution in [0.25, 0.3) is 0 Å². The Morgan fingerprint density at radius 2 is 1.46 bits per heavy atom. The Morgan fingerprint density at radius 3 is 2.04 bits per heavy atom.